The predicted octanol–water partition coefficient (Wildman–Crippen LogP) is 5.76. The number of ether oxygens (including phenoxy) is 1. The van der Waals surface area contributed by atoms with Crippen molar-refractivity contribution in [3.05, 3.63) is 29.6 Å². The van der Waals surface area contributed by atoms with Gasteiger partial charge in [-0.25, -0.2) is 4.39 Å². The Kier molecular flexibility index (Phi) is 7.04. The number of aryl methyl sites for hydroxylation is 1. The van der Waals surface area contributed by atoms with Crippen LogP contribution in [0.2, 0.25) is 0 Å². The number of unbranched alkanes of at least 4 members (excludes halogenated alkanes) is 1. The van der Waals surface area contributed by atoms with Gasteiger partial charge in [0.05, 0.1) is 7.11 Å². The van der Waals surface area contributed by atoms with E-state index in [1.54, 1.807) is 12.1 Å². The van der Waals surface area contributed by atoms with E-state index in [0.717, 1.165) is 18.4 Å². The van der Waals surface area contributed by atoms with Crippen LogP contribution in [0.5, 0.6) is 5.75 Å². The Balaban J connectivity index is 2.64. The second kappa shape index (κ2) is 8.28. The molecule has 1 atom stereocenters. The van der Waals surface area contributed by atoms with Gasteiger partial charge in [-0.2, -0.15) is 0 Å². The van der Waals surface area contributed by atoms with Crippen molar-refractivity contribution in [1.29, 1.82) is 0 Å². The highest BCUT2D eigenvalue weighted by atomic mass is 19.1. The zero-order valence-electron chi connectivity index (χ0n) is 13.5. The average molecular weight is 280 g/mol. The quantitative estimate of drug-likeness (QED) is 0.558. The molecule has 0 heterocycles. The first-order chi connectivity index (χ1) is 9.54. The lowest BCUT2D eigenvalue weighted by molar-refractivity contribution is 0.240. The molecule has 0 amide bonds. The topological polar surface area (TPSA) is 9.23 Å². The second-order valence-electron chi connectivity index (χ2n) is 6.13. The molecule has 0 radical (unpaired) electrons. The van der Waals surface area contributed by atoms with Crippen LogP contribution < -0.4 is 4.74 Å². The Bertz CT molecular complexity index is 402. The Labute approximate surface area is 123 Å². The molecule has 0 N–H and O–H groups in total. The summed E-state index contributed by atoms with van der Waals surface area (Å²) in [5.41, 5.74) is 1.46. The molecule has 0 fully saturated rings. The van der Waals surface area contributed by atoms with Crippen molar-refractivity contribution >= 4 is 0 Å². The zero-order chi connectivity index (χ0) is 15.0. The van der Waals surface area contributed by atoms with E-state index < -0.39 is 0 Å². The molecule has 1 aromatic rings. The van der Waals surface area contributed by atoms with Crippen LogP contribution in [-0.4, -0.2) is 7.11 Å². The molecule has 0 aliphatic heterocycles. The lowest BCUT2D eigenvalue weighted by Gasteiger charge is -2.29. The third-order valence-corrected chi connectivity index (χ3v) is 4.22. The van der Waals surface area contributed by atoms with E-state index >= 15 is 0 Å². The summed E-state index contributed by atoms with van der Waals surface area (Å²) >= 11 is 0. The van der Waals surface area contributed by atoms with Gasteiger partial charge >= 0.3 is 0 Å². The maximum Gasteiger partial charge on any atom is 0.165 e. The molecule has 114 valence electrons. The smallest absolute Gasteiger partial charge is 0.165 e. The van der Waals surface area contributed by atoms with Crippen LogP contribution >= 0.6 is 0 Å². The van der Waals surface area contributed by atoms with Gasteiger partial charge in [0.2, 0.25) is 0 Å². The number of methoxy groups -OCH3 is 1. The molecule has 0 aliphatic carbocycles. The first-order valence-corrected chi connectivity index (χ1v) is 7.87. The highest BCUT2D eigenvalue weighted by Gasteiger charge is 2.22. The van der Waals surface area contributed by atoms with E-state index in [1.807, 2.05) is 6.07 Å². The van der Waals surface area contributed by atoms with E-state index in [2.05, 4.69) is 20.8 Å². The van der Waals surface area contributed by atoms with Gasteiger partial charge in [-0.1, -0.05) is 46.1 Å². The molecule has 0 spiro atoms. The molecule has 0 saturated carbocycles. The Hall–Kier alpha value is -1.05. The van der Waals surface area contributed by atoms with Gasteiger partial charge in [0, 0.05) is 0 Å². The minimum atomic E-state index is -0.254. The molecule has 0 aromatic heterocycles. The molecular formula is C18H29FO. The summed E-state index contributed by atoms with van der Waals surface area (Å²) in [6, 6.07) is 5.33. The SMILES string of the molecule is CCCCC(C)(CCC)CCc1ccc(OC)c(F)c1. The van der Waals surface area contributed by atoms with E-state index in [1.165, 1.54) is 39.2 Å². The number of benzene rings is 1. The normalized spacial score (nSPS) is 14.1. The third-order valence-electron chi connectivity index (χ3n) is 4.22. The van der Waals surface area contributed by atoms with Crippen molar-refractivity contribution in [3.63, 3.8) is 0 Å². The zero-order valence-corrected chi connectivity index (χ0v) is 13.5. The number of hydrogen-bond acceptors (Lipinski definition) is 1. The first-order valence-electron chi connectivity index (χ1n) is 7.87. The van der Waals surface area contributed by atoms with Crippen molar-refractivity contribution in [2.24, 2.45) is 5.41 Å². The van der Waals surface area contributed by atoms with Gasteiger partial charge in [0.1, 0.15) is 0 Å². The summed E-state index contributed by atoms with van der Waals surface area (Å²) in [5.74, 6) is 0.0757. The average Bonchev–Trinajstić information content (AvgIpc) is 2.44. The van der Waals surface area contributed by atoms with E-state index in [9.17, 15) is 4.39 Å². The Morgan fingerprint density at radius 2 is 1.85 bits per heavy atom. The summed E-state index contributed by atoms with van der Waals surface area (Å²) in [6.07, 6.45) is 8.36. The van der Waals surface area contributed by atoms with Crippen LogP contribution in [-0.2, 0) is 6.42 Å². The van der Waals surface area contributed by atoms with Crippen molar-refractivity contribution < 1.29 is 9.13 Å². The lowest BCUT2D eigenvalue weighted by atomic mass is 9.76. The summed E-state index contributed by atoms with van der Waals surface area (Å²) in [7, 11) is 1.50. The van der Waals surface area contributed by atoms with Crippen molar-refractivity contribution in [2.75, 3.05) is 7.11 Å². The summed E-state index contributed by atoms with van der Waals surface area (Å²) in [5, 5.41) is 0. The fourth-order valence-electron chi connectivity index (χ4n) is 2.89. The van der Waals surface area contributed by atoms with Crippen molar-refractivity contribution in [2.45, 2.75) is 65.7 Å². The van der Waals surface area contributed by atoms with E-state index in [0.29, 0.717) is 11.2 Å². The van der Waals surface area contributed by atoms with Gasteiger partial charge in [0.25, 0.3) is 0 Å². The van der Waals surface area contributed by atoms with E-state index in [-0.39, 0.29) is 5.82 Å². The fourth-order valence-corrected chi connectivity index (χ4v) is 2.89. The van der Waals surface area contributed by atoms with Gasteiger partial charge in [-0.15, -0.1) is 0 Å². The summed E-state index contributed by atoms with van der Waals surface area (Å²) in [4.78, 5) is 0. The minimum absolute atomic E-state index is 0.254. The molecule has 1 unspecified atom stereocenters. The van der Waals surface area contributed by atoms with Gasteiger partial charge in [-0.3, -0.25) is 0 Å². The molecule has 1 aromatic carbocycles. The van der Waals surface area contributed by atoms with Crippen LogP contribution in [0.4, 0.5) is 4.39 Å². The highest BCUT2D eigenvalue weighted by Crippen LogP contribution is 2.35. The van der Waals surface area contributed by atoms with E-state index in [4.69, 9.17) is 4.74 Å². The van der Waals surface area contributed by atoms with Crippen molar-refractivity contribution in [3.8, 4) is 5.75 Å². The highest BCUT2D eigenvalue weighted by molar-refractivity contribution is 5.29. The Morgan fingerprint density at radius 3 is 2.40 bits per heavy atom. The molecule has 20 heavy (non-hydrogen) atoms. The molecular weight excluding hydrogens is 251 g/mol. The second-order valence-corrected chi connectivity index (χ2v) is 6.13. The number of rotatable bonds is 9. The molecule has 0 aliphatic rings. The minimum Gasteiger partial charge on any atom is -0.494 e. The van der Waals surface area contributed by atoms with Gasteiger partial charge in [-0.05, 0) is 48.8 Å². The number of halogens is 1. The monoisotopic (exact) mass is 280 g/mol. The molecule has 1 rings (SSSR count). The third kappa shape index (κ3) is 5.15. The lowest BCUT2D eigenvalue weighted by Crippen LogP contribution is -2.17. The predicted molar refractivity (Wildman–Crippen MR) is 83.8 cm³/mol. The Morgan fingerprint density at radius 1 is 1.10 bits per heavy atom. The standard InChI is InChI=1S/C18H29FO/c1-5-7-12-18(3,11-6-2)13-10-15-8-9-17(20-4)16(19)14-15/h8-9,14H,5-7,10-13H2,1-4H3. The fraction of sp³-hybridized carbons (Fsp3) is 0.667. The van der Waals surface area contributed by atoms with Crippen LogP contribution in [0.25, 0.3) is 0 Å². The molecule has 2 heteroatoms. The van der Waals surface area contributed by atoms with Gasteiger partial charge < -0.3 is 4.74 Å². The van der Waals surface area contributed by atoms with Crippen LogP contribution in [0, 0.1) is 11.2 Å². The molecule has 0 saturated heterocycles. The largest absolute Gasteiger partial charge is 0.494 e. The molecule has 1 nitrogen and oxygen atoms in total. The van der Waals surface area contributed by atoms with Crippen LogP contribution in [0.15, 0.2) is 18.2 Å². The van der Waals surface area contributed by atoms with Crippen LogP contribution in [0.3, 0.4) is 0 Å². The molecule has 0 bridgehead atoms. The van der Waals surface area contributed by atoms with Gasteiger partial charge in [0.15, 0.2) is 11.6 Å². The maximum absolute atomic E-state index is 13.7. The van der Waals surface area contributed by atoms with Crippen LogP contribution in [0.1, 0.15) is 64.9 Å². The number of hydrogen-bond donors (Lipinski definition) is 0. The van der Waals surface area contributed by atoms with Crippen molar-refractivity contribution in [1.82, 2.24) is 0 Å². The first kappa shape index (κ1) is 17.0. The summed E-state index contributed by atoms with van der Waals surface area (Å²) < 4.78 is 18.7. The maximum atomic E-state index is 13.7. The summed E-state index contributed by atoms with van der Waals surface area (Å²) in [6.45, 7) is 6.87.